The summed E-state index contributed by atoms with van der Waals surface area (Å²) in [6.07, 6.45) is 3.30. The summed E-state index contributed by atoms with van der Waals surface area (Å²) in [4.78, 5) is 2.37. The van der Waals surface area contributed by atoms with Gasteiger partial charge in [-0.3, -0.25) is 4.68 Å². The zero-order valence-corrected chi connectivity index (χ0v) is 13.9. The summed E-state index contributed by atoms with van der Waals surface area (Å²) in [5, 5.41) is 14.7. The van der Waals surface area contributed by atoms with Gasteiger partial charge < -0.3 is 15.7 Å². The van der Waals surface area contributed by atoms with E-state index < -0.39 is 6.10 Å². The number of hydrogen-bond donors (Lipinski definition) is 2. The summed E-state index contributed by atoms with van der Waals surface area (Å²) < 4.78 is 1.83. The number of aliphatic hydroxyl groups excluding tert-OH is 1. The van der Waals surface area contributed by atoms with Crippen LogP contribution in [0, 0.1) is 19.3 Å². The first kappa shape index (κ1) is 16.3. The molecule has 1 fully saturated rings. The molecule has 5 heteroatoms. The molecule has 0 spiro atoms. The molecule has 2 rings (SSSR count). The van der Waals surface area contributed by atoms with Crippen LogP contribution in [0.5, 0.6) is 0 Å². The minimum absolute atomic E-state index is 0.395. The summed E-state index contributed by atoms with van der Waals surface area (Å²) in [6, 6.07) is 0. The highest BCUT2D eigenvalue weighted by atomic mass is 16.3. The maximum atomic E-state index is 10.3. The standard InChI is InChI=1S/C16H30N4O/c1-5-16(4)6-8-19(9-7-16)10-14(21)11-20-13(3)15(17)12(2)18-20/h14,21H,5-11,17H2,1-4H3. The van der Waals surface area contributed by atoms with Crippen molar-refractivity contribution in [3.05, 3.63) is 11.4 Å². The van der Waals surface area contributed by atoms with Crippen LogP contribution >= 0.6 is 0 Å². The Morgan fingerprint density at radius 2 is 1.90 bits per heavy atom. The monoisotopic (exact) mass is 294 g/mol. The molecule has 0 bridgehead atoms. The van der Waals surface area contributed by atoms with Gasteiger partial charge in [0.15, 0.2) is 0 Å². The second-order valence-electron chi connectivity index (χ2n) is 6.89. The highest BCUT2D eigenvalue weighted by Crippen LogP contribution is 2.33. The predicted octanol–water partition coefficient (Wildman–Crippen LogP) is 1.96. The molecule has 1 aliphatic rings. The van der Waals surface area contributed by atoms with Crippen molar-refractivity contribution in [2.45, 2.75) is 59.6 Å². The summed E-state index contributed by atoms with van der Waals surface area (Å²) in [7, 11) is 0. The van der Waals surface area contributed by atoms with E-state index in [9.17, 15) is 5.11 Å². The van der Waals surface area contributed by atoms with E-state index >= 15 is 0 Å². The lowest BCUT2D eigenvalue weighted by molar-refractivity contribution is 0.0537. The molecule has 0 aliphatic carbocycles. The first-order valence-electron chi connectivity index (χ1n) is 8.04. The van der Waals surface area contributed by atoms with Crippen LogP contribution in [-0.2, 0) is 6.54 Å². The molecule has 0 saturated carbocycles. The Morgan fingerprint density at radius 1 is 1.29 bits per heavy atom. The number of β-amino-alcohol motifs (C(OH)–C–C–N with tert-alkyl or cyclic N) is 1. The lowest BCUT2D eigenvalue weighted by Gasteiger charge is -2.39. The topological polar surface area (TPSA) is 67.3 Å². The molecule has 1 aromatic rings. The fourth-order valence-corrected chi connectivity index (χ4v) is 3.07. The van der Waals surface area contributed by atoms with Crippen molar-refractivity contribution < 1.29 is 5.11 Å². The molecule has 0 radical (unpaired) electrons. The van der Waals surface area contributed by atoms with Crippen LogP contribution in [0.1, 0.15) is 44.5 Å². The van der Waals surface area contributed by atoms with Gasteiger partial charge in [0.1, 0.15) is 0 Å². The Bertz CT molecular complexity index is 475. The van der Waals surface area contributed by atoms with E-state index in [4.69, 9.17) is 5.73 Å². The van der Waals surface area contributed by atoms with Crippen LogP contribution in [-0.4, -0.2) is 45.5 Å². The van der Waals surface area contributed by atoms with Crippen molar-refractivity contribution in [1.82, 2.24) is 14.7 Å². The number of hydrogen-bond acceptors (Lipinski definition) is 4. The molecule has 1 unspecified atom stereocenters. The largest absolute Gasteiger partial charge is 0.396 e. The number of aliphatic hydroxyl groups is 1. The van der Waals surface area contributed by atoms with Crippen molar-refractivity contribution in [2.75, 3.05) is 25.4 Å². The average Bonchev–Trinajstić information content (AvgIpc) is 2.69. The first-order valence-corrected chi connectivity index (χ1v) is 8.04. The first-order chi connectivity index (χ1) is 9.84. The van der Waals surface area contributed by atoms with Gasteiger partial charge in [-0.15, -0.1) is 0 Å². The smallest absolute Gasteiger partial charge is 0.0862 e. The number of aromatic nitrogens is 2. The SMILES string of the molecule is CCC1(C)CCN(CC(O)Cn2nc(C)c(N)c2C)CC1. The van der Waals surface area contributed by atoms with Gasteiger partial charge in [0, 0.05) is 6.54 Å². The number of likely N-dealkylation sites (tertiary alicyclic amines) is 1. The van der Waals surface area contributed by atoms with Crippen LogP contribution in [0.2, 0.25) is 0 Å². The van der Waals surface area contributed by atoms with Crippen LogP contribution in [0.4, 0.5) is 5.69 Å². The fourth-order valence-electron chi connectivity index (χ4n) is 3.07. The lowest BCUT2D eigenvalue weighted by atomic mass is 9.78. The third-order valence-electron chi connectivity index (χ3n) is 5.21. The molecule has 1 aliphatic heterocycles. The van der Waals surface area contributed by atoms with Crippen LogP contribution in [0.25, 0.3) is 0 Å². The van der Waals surface area contributed by atoms with Gasteiger partial charge in [-0.2, -0.15) is 5.10 Å². The third-order valence-corrected chi connectivity index (χ3v) is 5.21. The zero-order chi connectivity index (χ0) is 15.6. The fraction of sp³-hybridized carbons (Fsp3) is 0.812. The zero-order valence-electron chi connectivity index (χ0n) is 13.9. The Labute approximate surface area is 128 Å². The van der Waals surface area contributed by atoms with Gasteiger partial charge in [-0.25, -0.2) is 0 Å². The molecule has 120 valence electrons. The number of anilines is 1. The average molecular weight is 294 g/mol. The molecular weight excluding hydrogens is 264 g/mol. The maximum absolute atomic E-state index is 10.3. The summed E-state index contributed by atoms with van der Waals surface area (Å²) >= 11 is 0. The van der Waals surface area contributed by atoms with Gasteiger partial charge in [0.05, 0.1) is 29.7 Å². The molecule has 5 nitrogen and oxygen atoms in total. The Morgan fingerprint density at radius 3 is 2.38 bits per heavy atom. The molecule has 0 aromatic carbocycles. The molecule has 21 heavy (non-hydrogen) atoms. The highest BCUT2D eigenvalue weighted by molar-refractivity contribution is 5.46. The van der Waals surface area contributed by atoms with Crippen molar-refractivity contribution in [2.24, 2.45) is 5.41 Å². The number of aryl methyl sites for hydroxylation is 1. The van der Waals surface area contributed by atoms with E-state index in [2.05, 4.69) is 23.8 Å². The molecule has 1 aromatic heterocycles. The summed E-state index contributed by atoms with van der Waals surface area (Å²) in [6.45, 7) is 11.9. The van der Waals surface area contributed by atoms with Crippen molar-refractivity contribution in [1.29, 1.82) is 0 Å². The number of rotatable bonds is 5. The molecule has 2 heterocycles. The van der Waals surface area contributed by atoms with Crippen LogP contribution in [0.15, 0.2) is 0 Å². The Kier molecular flexibility index (Phi) is 4.94. The normalized spacial score (nSPS) is 20.6. The van der Waals surface area contributed by atoms with Gasteiger partial charge in [0.2, 0.25) is 0 Å². The van der Waals surface area contributed by atoms with E-state index in [1.807, 2.05) is 18.5 Å². The Balaban J connectivity index is 1.85. The highest BCUT2D eigenvalue weighted by Gasteiger charge is 2.29. The van der Waals surface area contributed by atoms with Crippen molar-refractivity contribution in [3.63, 3.8) is 0 Å². The second-order valence-corrected chi connectivity index (χ2v) is 6.89. The quantitative estimate of drug-likeness (QED) is 0.871. The van der Waals surface area contributed by atoms with E-state index in [-0.39, 0.29) is 0 Å². The number of nitrogen functional groups attached to an aromatic ring is 1. The minimum atomic E-state index is -0.395. The molecule has 3 N–H and O–H groups in total. The van der Waals surface area contributed by atoms with E-state index in [1.165, 1.54) is 19.3 Å². The number of nitrogens with two attached hydrogens (primary N) is 1. The molecular formula is C16H30N4O. The van der Waals surface area contributed by atoms with Gasteiger partial charge in [-0.05, 0) is 45.2 Å². The molecule has 1 atom stereocenters. The maximum Gasteiger partial charge on any atom is 0.0862 e. The van der Waals surface area contributed by atoms with Crippen LogP contribution < -0.4 is 5.73 Å². The van der Waals surface area contributed by atoms with Crippen LogP contribution in [0.3, 0.4) is 0 Å². The molecule has 0 amide bonds. The van der Waals surface area contributed by atoms with Gasteiger partial charge in [0.25, 0.3) is 0 Å². The van der Waals surface area contributed by atoms with E-state index in [1.54, 1.807) is 0 Å². The van der Waals surface area contributed by atoms with Gasteiger partial charge >= 0.3 is 0 Å². The third kappa shape index (κ3) is 3.77. The minimum Gasteiger partial charge on any atom is -0.396 e. The predicted molar refractivity (Wildman–Crippen MR) is 86.2 cm³/mol. The second kappa shape index (κ2) is 6.36. The van der Waals surface area contributed by atoms with E-state index in [0.29, 0.717) is 12.0 Å². The Hall–Kier alpha value is -1.07. The lowest BCUT2D eigenvalue weighted by Crippen LogP contribution is -2.43. The number of nitrogens with zero attached hydrogens (tertiary/aromatic N) is 3. The van der Waals surface area contributed by atoms with Crippen molar-refractivity contribution >= 4 is 5.69 Å². The summed E-state index contributed by atoms with van der Waals surface area (Å²) in [5.41, 5.74) is 8.95. The summed E-state index contributed by atoms with van der Waals surface area (Å²) in [5.74, 6) is 0. The van der Waals surface area contributed by atoms with Gasteiger partial charge in [-0.1, -0.05) is 20.3 Å². The van der Waals surface area contributed by atoms with E-state index in [0.717, 1.165) is 36.7 Å². The molecule has 1 saturated heterocycles. The van der Waals surface area contributed by atoms with Crippen molar-refractivity contribution in [3.8, 4) is 0 Å². The number of piperidine rings is 1.